The third-order valence-corrected chi connectivity index (χ3v) is 3.91. The lowest BCUT2D eigenvalue weighted by molar-refractivity contribution is 0.625. The van der Waals surface area contributed by atoms with Gasteiger partial charge in [0.15, 0.2) is 0 Å². The summed E-state index contributed by atoms with van der Waals surface area (Å²) >= 11 is 0. The molecule has 1 aromatic heterocycles. The molecule has 2 rings (SSSR count). The minimum absolute atomic E-state index is 0.0511. The standard InChI is InChI=1S/C20H27N3O/c1-16(2)17-8-7-10-20(24)19(14-17)23-13-6-5-11-21-15-18-9-3-4-12-22-18/h3-4,7-10,12,14,16,21H,5-6,11,13,15H2,1-2H3,(H,23,24). The quantitative estimate of drug-likeness (QED) is 0.692. The molecule has 0 radical (unpaired) electrons. The average molecular weight is 325 g/mol. The Morgan fingerprint density at radius 2 is 1.88 bits per heavy atom. The number of unbranched alkanes of at least 4 members (excludes halogenated alkanes) is 1. The Balaban J connectivity index is 1.70. The van der Waals surface area contributed by atoms with Gasteiger partial charge in [0.2, 0.25) is 5.43 Å². The van der Waals surface area contributed by atoms with Gasteiger partial charge < -0.3 is 10.6 Å². The minimum atomic E-state index is 0.0511. The fourth-order valence-corrected chi connectivity index (χ4v) is 2.44. The second-order valence-electron chi connectivity index (χ2n) is 6.23. The molecule has 4 heteroatoms. The number of aromatic nitrogens is 1. The fourth-order valence-electron chi connectivity index (χ4n) is 2.44. The monoisotopic (exact) mass is 325 g/mol. The van der Waals surface area contributed by atoms with Crippen molar-refractivity contribution in [3.05, 3.63) is 70.1 Å². The molecule has 1 aromatic carbocycles. The Morgan fingerprint density at radius 3 is 2.62 bits per heavy atom. The topological polar surface area (TPSA) is 54.0 Å². The van der Waals surface area contributed by atoms with E-state index >= 15 is 0 Å². The first kappa shape index (κ1) is 18.1. The molecule has 2 aromatic rings. The second-order valence-corrected chi connectivity index (χ2v) is 6.23. The van der Waals surface area contributed by atoms with Gasteiger partial charge in [0, 0.05) is 19.3 Å². The maximum atomic E-state index is 12.0. The van der Waals surface area contributed by atoms with Crippen molar-refractivity contribution in [2.45, 2.75) is 39.2 Å². The molecule has 0 aliphatic rings. The lowest BCUT2D eigenvalue weighted by Crippen LogP contribution is -2.17. The highest BCUT2D eigenvalue weighted by molar-refractivity contribution is 5.45. The molecular weight excluding hydrogens is 298 g/mol. The van der Waals surface area contributed by atoms with Crippen molar-refractivity contribution in [2.75, 3.05) is 18.4 Å². The molecule has 4 nitrogen and oxygen atoms in total. The Kier molecular flexibility index (Phi) is 7.43. The molecule has 0 saturated carbocycles. The van der Waals surface area contributed by atoms with E-state index in [-0.39, 0.29) is 5.43 Å². The number of nitrogens with one attached hydrogen (secondary N) is 2. The summed E-state index contributed by atoms with van der Waals surface area (Å²) in [5.74, 6) is 0.410. The number of nitrogens with zero attached hydrogens (tertiary/aromatic N) is 1. The molecule has 0 aliphatic carbocycles. The van der Waals surface area contributed by atoms with Crippen molar-refractivity contribution in [3.63, 3.8) is 0 Å². The third kappa shape index (κ3) is 6.13. The molecule has 0 spiro atoms. The van der Waals surface area contributed by atoms with Crippen LogP contribution in [0, 0.1) is 0 Å². The van der Waals surface area contributed by atoms with Gasteiger partial charge in [-0.05, 0) is 55.1 Å². The Bertz CT molecular complexity index is 671. The smallest absolute Gasteiger partial charge is 0.201 e. The lowest BCUT2D eigenvalue weighted by Gasteiger charge is -2.07. The largest absolute Gasteiger partial charge is 0.382 e. The average Bonchev–Trinajstić information content (AvgIpc) is 2.77. The number of rotatable bonds is 9. The molecule has 128 valence electrons. The van der Waals surface area contributed by atoms with Crippen LogP contribution in [0.25, 0.3) is 0 Å². The van der Waals surface area contributed by atoms with Gasteiger partial charge >= 0.3 is 0 Å². The zero-order valence-corrected chi connectivity index (χ0v) is 14.6. The summed E-state index contributed by atoms with van der Waals surface area (Å²) in [4.78, 5) is 16.3. The van der Waals surface area contributed by atoms with Crippen molar-refractivity contribution in [2.24, 2.45) is 0 Å². The highest BCUT2D eigenvalue weighted by Gasteiger charge is 2.02. The van der Waals surface area contributed by atoms with Gasteiger partial charge in [-0.1, -0.05) is 32.0 Å². The number of hydrogen-bond acceptors (Lipinski definition) is 4. The summed E-state index contributed by atoms with van der Waals surface area (Å²) in [5.41, 5.74) is 2.99. The molecule has 0 atom stereocenters. The molecule has 0 saturated heterocycles. The summed E-state index contributed by atoms with van der Waals surface area (Å²) in [6.07, 6.45) is 3.89. The van der Waals surface area contributed by atoms with Gasteiger partial charge in [-0.15, -0.1) is 0 Å². The maximum absolute atomic E-state index is 12.0. The van der Waals surface area contributed by atoms with Crippen molar-refractivity contribution >= 4 is 5.69 Å². The van der Waals surface area contributed by atoms with Crippen molar-refractivity contribution in [1.82, 2.24) is 10.3 Å². The Morgan fingerprint density at radius 1 is 1.04 bits per heavy atom. The normalized spacial score (nSPS) is 10.8. The number of hydrogen-bond donors (Lipinski definition) is 2. The van der Waals surface area contributed by atoms with Crippen LogP contribution in [0.1, 0.15) is 43.9 Å². The predicted octanol–water partition coefficient (Wildman–Crippen LogP) is 3.55. The van der Waals surface area contributed by atoms with Crippen molar-refractivity contribution < 1.29 is 0 Å². The van der Waals surface area contributed by atoms with Crippen molar-refractivity contribution in [1.29, 1.82) is 0 Å². The van der Waals surface area contributed by atoms with Gasteiger partial charge in [-0.25, -0.2) is 0 Å². The van der Waals surface area contributed by atoms with E-state index < -0.39 is 0 Å². The van der Waals surface area contributed by atoms with Crippen LogP contribution in [-0.4, -0.2) is 18.1 Å². The van der Waals surface area contributed by atoms with E-state index in [9.17, 15) is 4.79 Å². The van der Waals surface area contributed by atoms with E-state index in [1.807, 2.05) is 42.6 Å². The Hall–Kier alpha value is -2.20. The van der Waals surface area contributed by atoms with Crippen LogP contribution in [0.15, 0.2) is 53.5 Å². The molecule has 1 heterocycles. The van der Waals surface area contributed by atoms with E-state index in [1.165, 1.54) is 5.56 Å². The molecule has 0 fully saturated rings. The molecule has 0 aliphatic heterocycles. The fraction of sp³-hybridized carbons (Fsp3) is 0.400. The Labute approximate surface area is 144 Å². The summed E-state index contributed by atoms with van der Waals surface area (Å²) in [7, 11) is 0. The first-order chi connectivity index (χ1) is 11.7. The van der Waals surface area contributed by atoms with E-state index in [0.29, 0.717) is 11.6 Å². The molecule has 0 amide bonds. The van der Waals surface area contributed by atoms with Crippen LogP contribution in [0.5, 0.6) is 0 Å². The number of pyridine rings is 1. The summed E-state index contributed by atoms with van der Waals surface area (Å²) < 4.78 is 0. The third-order valence-electron chi connectivity index (χ3n) is 3.91. The van der Waals surface area contributed by atoms with Crippen LogP contribution >= 0.6 is 0 Å². The predicted molar refractivity (Wildman–Crippen MR) is 100 cm³/mol. The summed E-state index contributed by atoms with van der Waals surface area (Å²) in [5, 5.41) is 6.67. The van der Waals surface area contributed by atoms with E-state index in [2.05, 4.69) is 29.5 Å². The van der Waals surface area contributed by atoms with Gasteiger partial charge in [-0.2, -0.15) is 0 Å². The van der Waals surface area contributed by atoms with Crippen LogP contribution in [0.4, 0.5) is 5.69 Å². The first-order valence-electron chi connectivity index (χ1n) is 8.65. The zero-order chi connectivity index (χ0) is 17.2. The van der Waals surface area contributed by atoms with Gasteiger partial charge in [0.25, 0.3) is 0 Å². The SMILES string of the molecule is CC(C)c1cccc(=O)c(NCCCCNCc2ccccn2)c1. The van der Waals surface area contributed by atoms with Crippen LogP contribution in [0.3, 0.4) is 0 Å². The van der Waals surface area contributed by atoms with E-state index in [4.69, 9.17) is 0 Å². The zero-order valence-electron chi connectivity index (χ0n) is 14.6. The molecule has 0 unspecified atom stereocenters. The highest BCUT2D eigenvalue weighted by Crippen LogP contribution is 2.14. The first-order valence-corrected chi connectivity index (χ1v) is 8.65. The van der Waals surface area contributed by atoms with Crippen molar-refractivity contribution in [3.8, 4) is 0 Å². The lowest BCUT2D eigenvalue weighted by atomic mass is 10.1. The van der Waals surface area contributed by atoms with Gasteiger partial charge in [0.1, 0.15) is 0 Å². The molecule has 2 N–H and O–H groups in total. The van der Waals surface area contributed by atoms with Crippen LogP contribution in [-0.2, 0) is 6.54 Å². The molecule has 24 heavy (non-hydrogen) atoms. The number of anilines is 1. The van der Waals surface area contributed by atoms with Gasteiger partial charge in [0.05, 0.1) is 11.4 Å². The van der Waals surface area contributed by atoms with Crippen LogP contribution in [0.2, 0.25) is 0 Å². The van der Waals surface area contributed by atoms with Gasteiger partial charge in [-0.3, -0.25) is 9.78 Å². The highest BCUT2D eigenvalue weighted by atomic mass is 16.1. The van der Waals surface area contributed by atoms with E-state index in [1.54, 1.807) is 6.07 Å². The molecule has 0 bridgehead atoms. The minimum Gasteiger partial charge on any atom is -0.382 e. The summed E-state index contributed by atoms with van der Waals surface area (Å²) in [6, 6.07) is 13.4. The molecular formula is C20H27N3O. The summed E-state index contributed by atoms with van der Waals surface area (Å²) in [6.45, 7) is 6.82. The van der Waals surface area contributed by atoms with Crippen LogP contribution < -0.4 is 16.1 Å². The maximum Gasteiger partial charge on any atom is 0.201 e. The van der Waals surface area contributed by atoms with E-state index in [0.717, 1.165) is 38.2 Å². The second kappa shape index (κ2) is 9.83.